The predicted molar refractivity (Wildman–Crippen MR) is 75.8 cm³/mol. The summed E-state index contributed by atoms with van der Waals surface area (Å²) in [4.78, 5) is 24.9. The highest BCUT2D eigenvalue weighted by molar-refractivity contribution is 5.86. The molecule has 1 amide bonds. The first-order valence-electron chi connectivity index (χ1n) is 6.63. The van der Waals surface area contributed by atoms with Gasteiger partial charge in [-0.3, -0.25) is 9.69 Å². The average molecular weight is 284 g/mol. The Labute approximate surface area is 123 Å². The predicted octanol–water partition coefficient (Wildman–Crippen LogP) is 1.97. The third-order valence-corrected chi connectivity index (χ3v) is 3.56. The molecule has 0 spiro atoms. The zero-order chi connectivity index (χ0) is 15.4. The van der Waals surface area contributed by atoms with Crippen molar-refractivity contribution in [2.45, 2.75) is 25.3 Å². The molecule has 1 aromatic rings. The second kappa shape index (κ2) is 6.23. The molecule has 1 heterocycles. The van der Waals surface area contributed by atoms with Crippen molar-refractivity contribution >= 4 is 11.9 Å². The van der Waals surface area contributed by atoms with Gasteiger partial charge in [-0.1, -0.05) is 30.3 Å². The molecule has 2 rings (SSSR count). The number of esters is 1. The second-order valence-electron chi connectivity index (χ2n) is 4.84. The Balaban J connectivity index is 2.44. The molecule has 2 atom stereocenters. The van der Waals surface area contributed by atoms with Crippen LogP contribution in [0.25, 0.3) is 0 Å². The third kappa shape index (κ3) is 2.95. The van der Waals surface area contributed by atoms with Crippen LogP contribution in [0, 0.1) is 11.3 Å². The van der Waals surface area contributed by atoms with Gasteiger partial charge in [-0.25, -0.2) is 4.79 Å². The van der Waals surface area contributed by atoms with E-state index in [-0.39, 0.29) is 17.5 Å². The minimum absolute atomic E-state index is 0.0967. The SMILES string of the molecule is COC(=O)C1CC(c2ccccc2)C=C(C#N)N1C(C)=O. The zero-order valence-corrected chi connectivity index (χ0v) is 11.9. The number of carbonyl (C=O) groups is 2. The third-order valence-electron chi connectivity index (χ3n) is 3.56. The van der Waals surface area contributed by atoms with E-state index in [1.54, 1.807) is 6.08 Å². The van der Waals surface area contributed by atoms with Gasteiger partial charge in [-0.15, -0.1) is 0 Å². The van der Waals surface area contributed by atoms with E-state index < -0.39 is 12.0 Å². The highest BCUT2D eigenvalue weighted by Crippen LogP contribution is 2.33. The number of hydrogen-bond donors (Lipinski definition) is 0. The number of allylic oxidation sites excluding steroid dienone is 2. The van der Waals surface area contributed by atoms with Crippen LogP contribution in [-0.2, 0) is 14.3 Å². The number of methoxy groups -OCH3 is 1. The lowest BCUT2D eigenvalue weighted by Gasteiger charge is -2.34. The van der Waals surface area contributed by atoms with E-state index >= 15 is 0 Å². The number of amides is 1. The van der Waals surface area contributed by atoms with Crippen LogP contribution in [0.5, 0.6) is 0 Å². The van der Waals surface area contributed by atoms with Crippen molar-refractivity contribution in [2.24, 2.45) is 0 Å². The molecule has 1 aromatic carbocycles. The molecule has 2 unspecified atom stereocenters. The molecule has 0 fully saturated rings. The van der Waals surface area contributed by atoms with Crippen molar-refractivity contribution in [2.75, 3.05) is 7.11 Å². The van der Waals surface area contributed by atoms with Crippen LogP contribution in [0.2, 0.25) is 0 Å². The van der Waals surface area contributed by atoms with Crippen LogP contribution >= 0.6 is 0 Å². The van der Waals surface area contributed by atoms with E-state index in [1.807, 2.05) is 36.4 Å². The molecule has 0 saturated heterocycles. The van der Waals surface area contributed by atoms with Crippen molar-refractivity contribution in [3.63, 3.8) is 0 Å². The van der Waals surface area contributed by atoms with E-state index in [0.29, 0.717) is 6.42 Å². The summed E-state index contributed by atoms with van der Waals surface area (Å²) < 4.78 is 4.78. The van der Waals surface area contributed by atoms with Crippen LogP contribution in [0.15, 0.2) is 42.1 Å². The van der Waals surface area contributed by atoms with Crippen molar-refractivity contribution in [3.05, 3.63) is 47.7 Å². The van der Waals surface area contributed by atoms with E-state index in [9.17, 15) is 14.9 Å². The first-order valence-corrected chi connectivity index (χ1v) is 6.63. The highest BCUT2D eigenvalue weighted by Gasteiger charge is 2.37. The summed E-state index contributed by atoms with van der Waals surface area (Å²) in [6.07, 6.45) is 2.14. The molecule has 21 heavy (non-hydrogen) atoms. The molecule has 5 nitrogen and oxygen atoms in total. The Morgan fingerprint density at radius 1 is 1.33 bits per heavy atom. The van der Waals surface area contributed by atoms with Crippen LogP contribution in [0.4, 0.5) is 0 Å². The topological polar surface area (TPSA) is 70.4 Å². The summed E-state index contributed by atoms with van der Waals surface area (Å²) in [6.45, 7) is 1.34. The van der Waals surface area contributed by atoms with Crippen molar-refractivity contribution in [1.29, 1.82) is 5.26 Å². The molecule has 0 aromatic heterocycles. The minimum Gasteiger partial charge on any atom is -0.467 e. The van der Waals surface area contributed by atoms with Gasteiger partial charge in [0.05, 0.1) is 7.11 Å². The lowest BCUT2D eigenvalue weighted by atomic mass is 9.87. The molecule has 1 aliphatic heterocycles. The van der Waals surface area contributed by atoms with Crippen molar-refractivity contribution in [1.82, 2.24) is 4.90 Å². The summed E-state index contributed by atoms with van der Waals surface area (Å²) >= 11 is 0. The fraction of sp³-hybridized carbons (Fsp3) is 0.312. The monoisotopic (exact) mass is 284 g/mol. The number of ether oxygens (including phenoxy) is 1. The van der Waals surface area contributed by atoms with Crippen LogP contribution in [0.1, 0.15) is 24.8 Å². The van der Waals surface area contributed by atoms with Crippen molar-refractivity contribution in [3.8, 4) is 6.07 Å². The first-order chi connectivity index (χ1) is 10.1. The number of rotatable bonds is 2. The van der Waals surface area contributed by atoms with Crippen LogP contribution < -0.4 is 0 Å². The van der Waals surface area contributed by atoms with Gasteiger partial charge in [0.1, 0.15) is 17.8 Å². The highest BCUT2D eigenvalue weighted by atomic mass is 16.5. The molecule has 0 N–H and O–H groups in total. The molecule has 0 aliphatic carbocycles. The molecular formula is C16H16N2O3. The first kappa shape index (κ1) is 14.8. The molecule has 0 radical (unpaired) electrons. The minimum atomic E-state index is -0.766. The average Bonchev–Trinajstić information content (AvgIpc) is 2.53. The summed E-state index contributed by atoms with van der Waals surface area (Å²) in [7, 11) is 1.28. The van der Waals surface area contributed by atoms with Gasteiger partial charge in [0, 0.05) is 12.8 Å². The van der Waals surface area contributed by atoms with Gasteiger partial charge < -0.3 is 4.74 Å². The number of hydrogen-bond acceptors (Lipinski definition) is 4. The Hall–Kier alpha value is -2.61. The maximum atomic E-state index is 12.0. The smallest absolute Gasteiger partial charge is 0.329 e. The van der Waals surface area contributed by atoms with Gasteiger partial charge in [0.25, 0.3) is 0 Å². The molecule has 1 aliphatic rings. The van der Waals surface area contributed by atoms with Gasteiger partial charge in [-0.2, -0.15) is 5.26 Å². The molecule has 108 valence electrons. The van der Waals surface area contributed by atoms with E-state index in [0.717, 1.165) is 5.56 Å². The van der Waals surface area contributed by atoms with E-state index in [2.05, 4.69) is 0 Å². The molecular weight excluding hydrogens is 268 g/mol. The van der Waals surface area contributed by atoms with Gasteiger partial charge in [0.2, 0.25) is 5.91 Å². The molecule has 0 saturated carbocycles. The summed E-state index contributed by atoms with van der Waals surface area (Å²) in [5, 5.41) is 9.28. The Kier molecular flexibility index (Phi) is 4.39. The van der Waals surface area contributed by atoms with Crippen LogP contribution in [0.3, 0.4) is 0 Å². The maximum absolute atomic E-state index is 12.0. The normalized spacial score (nSPS) is 21.2. The standard InChI is InChI=1S/C16H16N2O3/c1-11(19)18-14(10-17)8-13(9-15(18)16(20)21-2)12-6-4-3-5-7-12/h3-8,13,15H,9H2,1-2H3. The summed E-state index contributed by atoms with van der Waals surface area (Å²) in [5.74, 6) is -0.947. The number of benzene rings is 1. The number of carbonyl (C=O) groups excluding carboxylic acids is 2. The molecule has 5 heteroatoms. The summed E-state index contributed by atoms with van der Waals surface area (Å²) in [6, 6.07) is 10.8. The van der Waals surface area contributed by atoms with Gasteiger partial charge in [0.15, 0.2) is 0 Å². The fourth-order valence-corrected chi connectivity index (χ4v) is 2.60. The van der Waals surface area contributed by atoms with E-state index in [4.69, 9.17) is 4.74 Å². The van der Waals surface area contributed by atoms with Crippen LogP contribution in [-0.4, -0.2) is 29.9 Å². The lowest BCUT2D eigenvalue weighted by Crippen LogP contribution is -2.46. The Morgan fingerprint density at radius 2 is 2.00 bits per heavy atom. The van der Waals surface area contributed by atoms with Gasteiger partial charge in [-0.05, 0) is 18.1 Å². The number of nitrogens with zero attached hydrogens (tertiary/aromatic N) is 2. The number of nitriles is 1. The Bertz CT molecular complexity index is 616. The fourth-order valence-electron chi connectivity index (χ4n) is 2.60. The quantitative estimate of drug-likeness (QED) is 0.778. The van der Waals surface area contributed by atoms with Gasteiger partial charge >= 0.3 is 5.97 Å². The zero-order valence-electron chi connectivity index (χ0n) is 11.9. The van der Waals surface area contributed by atoms with Crippen molar-refractivity contribution < 1.29 is 14.3 Å². The largest absolute Gasteiger partial charge is 0.467 e. The Morgan fingerprint density at radius 3 is 2.52 bits per heavy atom. The maximum Gasteiger partial charge on any atom is 0.329 e. The van der Waals surface area contributed by atoms with E-state index in [1.165, 1.54) is 18.9 Å². The molecule has 0 bridgehead atoms. The second-order valence-corrected chi connectivity index (χ2v) is 4.84. The summed E-state index contributed by atoms with van der Waals surface area (Å²) in [5.41, 5.74) is 1.19. The lowest BCUT2D eigenvalue weighted by molar-refractivity contribution is -0.151.